The number of methoxy groups -OCH3 is 2. The maximum Gasteiger partial charge on any atom is 0.407 e. The number of hydrogen-bond donors (Lipinski definition) is 2. The van der Waals surface area contributed by atoms with Gasteiger partial charge >= 0.3 is 6.09 Å². The standard InChI is InChI=1S/C16H29N3O5/c1-10(2)17-13(20)11-8-7-9-19(11)14(21)12(16(3,4)24-6)18-15(22)23-5/h10-12H,7-9H2,1-6H3,(H,17,20)(H,18,22)/t11-,12+/m0/s1. The van der Waals surface area contributed by atoms with Crippen LogP contribution < -0.4 is 10.6 Å². The second-order valence-corrected chi connectivity index (χ2v) is 6.73. The Bertz CT molecular complexity index is 478. The predicted octanol–water partition coefficient (Wildman–Crippen LogP) is 0.652. The first kappa shape index (κ1) is 20.2. The number of nitrogens with one attached hydrogen (secondary N) is 2. The van der Waals surface area contributed by atoms with E-state index in [0.29, 0.717) is 13.0 Å². The SMILES string of the molecule is COC(=O)N[C@H](C(=O)N1CCC[C@H]1C(=O)NC(C)C)C(C)(C)OC. The molecule has 0 bridgehead atoms. The van der Waals surface area contributed by atoms with Crippen LogP contribution >= 0.6 is 0 Å². The summed E-state index contributed by atoms with van der Waals surface area (Å²) in [5.74, 6) is -0.531. The van der Waals surface area contributed by atoms with E-state index in [-0.39, 0.29) is 17.9 Å². The van der Waals surface area contributed by atoms with E-state index >= 15 is 0 Å². The summed E-state index contributed by atoms with van der Waals surface area (Å²) in [7, 11) is 2.69. The van der Waals surface area contributed by atoms with Gasteiger partial charge in [-0.3, -0.25) is 9.59 Å². The lowest BCUT2D eigenvalue weighted by atomic mass is 9.96. The Hall–Kier alpha value is -1.83. The van der Waals surface area contributed by atoms with Gasteiger partial charge in [0.1, 0.15) is 12.1 Å². The van der Waals surface area contributed by atoms with Gasteiger partial charge in [-0.15, -0.1) is 0 Å². The summed E-state index contributed by atoms with van der Waals surface area (Å²) in [5, 5.41) is 5.36. The molecule has 0 spiro atoms. The summed E-state index contributed by atoms with van der Waals surface area (Å²) < 4.78 is 9.97. The number of nitrogens with zero attached hydrogens (tertiary/aromatic N) is 1. The molecule has 1 heterocycles. The molecule has 1 aliphatic rings. The molecular formula is C16H29N3O5. The molecule has 0 unspecified atom stereocenters. The van der Waals surface area contributed by atoms with Gasteiger partial charge in [-0.25, -0.2) is 4.79 Å². The van der Waals surface area contributed by atoms with E-state index in [0.717, 1.165) is 6.42 Å². The lowest BCUT2D eigenvalue weighted by Gasteiger charge is -2.36. The van der Waals surface area contributed by atoms with E-state index in [4.69, 9.17) is 4.74 Å². The number of rotatable bonds is 6. The minimum Gasteiger partial charge on any atom is -0.453 e. The first-order valence-corrected chi connectivity index (χ1v) is 8.14. The Morgan fingerprint density at radius 1 is 1.17 bits per heavy atom. The monoisotopic (exact) mass is 343 g/mol. The predicted molar refractivity (Wildman–Crippen MR) is 88.4 cm³/mol. The maximum absolute atomic E-state index is 13.0. The zero-order valence-electron chi connectivity index (χ0n) is 15.3. The summed E-state index contributed by atoms with van der Waals surface area (Å²) in [6, 6.07) is -1.49. The normalized spacial score (nSPS) is 19.1. The molecule has 2 atom stereocenters. The molecule has 0 aromatic heterocycles. The summed E-state index contributed by atoms with van der Waals surface area (Å²) in [6.07, 6.45) is 0.615. The fraction of sp³-hybridized carbons (Fsp3) is 0.812. The van der Waals surface area contributed by atoms with Crippen LogP contribution in [0.15, 0.2) is 0 Å². The van der Waals surface area contributed by atoms with Crippen molar-refractivity contribution in [1.82, 2.24) is 15.5 Å². The largest absolute Gasteiger partial charge is 0.453 e. The number of carbonyl (C=O) groups excluding carboxylic acids is 3. The molecule has 24 heavy (non-hydrogen) atoms. The lowest BCUT2D eigenvalue weighted by molar-refractivity contribution is -0.145. The van der Waals surface area contributed by atoms with Crippen molar-refractivity contribution >= 4 is 17.9 Å². The number of hydrogen-bond acceptors (Lipinski definition) is 5. The molecule has 0 aliphatic carbocycles. The zero-order valence-corrected chi connectivity index (χ0v) is 15.3. The lowest BCUT2D eigenvalue weighted by Crippen LogP contribution is -2.61. The number of amides is 3. The molecular weight excluding hydrogens is 314 g/mol. The maximum atomic E-state index is 13.0. The third-order valence-electron chi connectivity index (χ3n) is 4.19. The summed E-state index contributed by atoms with van der Waals surface area (Å²) in [4.78, 5) is 38.5. The van der Waals surface area contributed by atoms with Crippen LogP contribution in [0.2, 0.25) is 0 Å². The van der Waals surface area contributed by atoms with Crippen molar-refractivity contribution in [3.8, 4) is 0 Å². The number of alkyl carbamates (subject to hydrolysis) is 1. The van der Waals surface area contributed by atoms with Crippen LogP contribution in [0.1, 0.15) is 40.5 Å². The second-order valence-electron chi connectivity index (χ2n) is 6.73. The van der Waals surface area contributed by atoms with Gasteiger partial charge in [0.05, 0.1) is 12.7 Å². The highest BCUT2D eigenvalue weighted by atomic mass is 16.5. The average molecular weight is 343 g/mol. The molecule has 0 radical (unpaired) electrons. The highest BCUT2D eigenvalue weighted by molar-refractivity contribution is 5.92. The second kappa shape index (κ2) is 8.32. The van der Waals surface area contributed by atoms with E-state index in [1.54, 1.807) is 13.8 Å². The van der Waals surface area contributed by atoms with E-state index in [9.17, 15) is 14.4 Å². The van der Waals surface area contributed by atoms with E-state index < -0.39 is 23.8 Å². The molecule has 1 fully saturated rings. The van der Waals surface area contributed by atoms with Crippen LogP contribution in [0.3, 0.4) is 0 Å². The van der Waals surface area contributed by atoms with Gasteiger partial charge in [0.2, 0.25) is 11.8 Å². The number of carbonyl (C=O) groups is 3. The average Bonchev–Trinajstić information content (AvgIpc) is 3.00. The van der Waals surface area contributed by atoms with Gasteiger partial charge in [-0.1, -0.05) is 0 Å². The van der Waals surface area contributed by atoms with Crippen molar-refractivity contribution in [2.75, 3.05) is 20.8 Å². The van der Waals surface area contributed by atoms with Gasteiger partial charge in [0.15, 0.2) is 0 Å². The highest BCUT2D eigenvalue weighted by Crippen LogP contribution is 2.23. The van der Waals surface area contributed by atoms with Crippen molar-refractivity contribution in [3.05, 3.63) is 0 Å². The molecule has 0 aromatic rings. The molecule has 138 valence electrons. The van der Waals surface area contributed by atoms with Gasteiger partial charge in [0.25, 0.3) is 0 Å². The van der Waals surface area contributed by atoms with Gasteiger partial charge in [0, 0.05) is 19.7 Å². The van der Waals surface area contributed by atoms with Crippen molar-refractivity contribution in [1.29, 1.82) is 0 Å². The van der Waals surface area contributed by atoms with Crippen LogP contribution in [0.5, 0.6) is 0 Å². The fourth-order valence-corrected chi connectivity index (χ4v) is 2.68. The van der Waals surface area contributed by atoms with Crippen molar-refractivity contribution in [2.24, 2.45) is 0 Å². The van der Waals surface area contributed by atoms with Crippen LogP contribution in [0, 0.1) is 0 Å². The molecule has 8 nitrogen and oxygen atoms in total. The zero-order chi connectivity index (χ0) is 18.5. The highest BCUT2D eigenvalue weighted by Gasteiger charge is 2.44. The van der Waals surface area contributed by atoms with Crippen LogP contribution in [-0.2, 0) is 19.1 Å². The summed E-state index contributed by atoms with van der Waals surface area (Å²) in [5.41, 5.74) is -0.951. The third-order valence-corrected chi connectivity index (χ3v) is 4.19. The first-order valence-electron chi connectivity index (χ1n) is 8.14. The van der Waals surface area contributed by atoms with Crippen molar-refractivity contribution < 1.29 is 23.9 Å². The molecule has 2 N–H and O–H groups in total. The Balaban J connectivity index is 2.99. The van der Waals surface area contributed by atoms with Crippen molar-refractivity contribution in [2.45, 2.75) is 64.3 Å². The smallest absolute Gasteiger partial charge is 0.407 e. The first-order chi connectivity index (χ1) is 11.1. The van der Waals surface area contributed by atoms with E-state index in [1.807, 2.05) is 13.8 Å². The fourth-order valence-electron chi connectivity index (χ4n) is 2.68. The molecule has 1 aliphatic heterocycles. The Labute approximate surface area is 143 Å². The number of ether oxygens (including phenoxy) is 2. The Kier molecular flexibility index (Phi) is 7.01. The molecule has 0 aromatic carbocycles. The third kappa shape index (κ3) is 4.83. The summed E-state index contributed by atoms with van der Waals surface area (Å²) >= 11 is 0. The molecule has 8 heteroatoms. The van der Waals surface area contributed by atoms with E-state index in [2.05, 4.69) is 15.4 Å². The topological polar surface area (TPSA) is 97.0 Å². The van der Waals surface area contributed by atoms with Crippen molar-refractivity contribution in [3.63, 3.8) is 0 Å². The van der Waals surface area contributed by atoms with Gasteiger partial charge in [-0.05, 0) is 40.5 Å². The summed E-state index contributed by atoms with van der Waals surface area (Å²) in [6.45, 7) is 7.60. The number of likely N-dealkylation sites (tertiary alicyclic amines) is 1. The van der Waals surface area contributed by atoms with Crippen LogP contribution in [0.25, 0.3) is 0 Å². The molecule has 3 amide bonds. The van der Waals surface area contributed by atoms with Gasteiger partial charge in [-0.2, -0.15) is 0 Å². The van der Waals surface area contributed by atoms with E-state index in [1.165, 1.54) is 19.1 Å². The molecule has 1 saturated heterocycles. The van der Waals surface area contributed by atoms with Gasteiger partial charge < -0.3 is 25.0 Å². The Morgan fingerprint density at radius 2 is 1.79 bits per heavy atom. The minimum absolute atomic E-state index is 0.00513. The van der Waals surface area contributed by atoms with Crippen LogP contribution in [0.4, 0.5) is 4.79 Å². The van der Waals surface area contributed by atoms with Crippen LogP contribution in [-0.4, -0.2) is 67.3 Å². The molecule has 1 rings (SSSR count). The molecule has 0 saturated carbocycles. The Morgan fingerprint density at radius 3 is 2.29 bits per heavy atom. The minimum atomic E-state index is -0.956. The quantitative estimate of drug-likeness (QED) is 0.738.